The van der Waals surface area contributed by atoms with Gasteiger partial charge >= 0.3 is 0 Å². The average molecular weight is 288 g/mol. The van der Waals surface area contributed by atoms with Gasteiger partial charge in [-0.25, -0.2) is 0 Å². The quantitative estimate of drug-likeness (QED) is 0.863. The van der Waals surface area contributed by atoms with Crippen LogP contribution in [0.1, 0.15) is 70.2 Å². The summed E-state index contributed by atoms with van der Waals surface area (Å²) in [6.45, 7) is 9.21. The molecule has 2 rings (SSSR count). The summed E-state index contributed by atoms with van der Waals surface area (Å²) in [5.41, 5.74) is 2.54. The zero-order chi connectivity index (χ0) is 15.4. The van der Waals surface area contributed by atoms with Crippen LogP contribution < -0.4 is 5.32 Å². The van der Waals surface area contributed by atoms with E-state index in [9.17, 15) is 4.79 Å². The second-order valence-corrected chi connectivity index (χ2v) is 6.26. The summed E-state index contributed by atoms with van der Waals surface area (Å²) < 4.78 is 0. The molecule has 1 amide bonds. The van der Waals surface area contributed by atoms with Crippen molar-refractivity contribution in [3.63, 3.8) is 0 Å². The van der Waals surface area contributed by atoms with Crippen molar-refractivity contribution < 1.29 is 4.79 Å². The molecule has 2 atom stereocenters. The van der Waals surface area contributed by atoms with Gasteiger partial charge in [-0.1, -0.05) is 58.4 Å². The molecule has 0 radical (unpaired) electrons. The maximum absolute atomic E-state index is 12.3. The first-order valence-corrected chi connectivity index (χ1v) is 8.22. The van der Waals surface area contributed by atoms with Crippen LogP contribution in [0.4, 0.5) is 0 Å². The van der Waals surface area contributed by atoms with Crippen molar-refractivity contribution in [3.8, 4) is 0 Å². The Bertz CT molecular complexity index is 467. The van der Waals surface area contributed by atoms with Crippen LogP contribution in [0.2, 0.25) is 0 Å². The summed E-state index contributed by atoms with van der Waals surface area (Å²) in [5, 5.41) is 3.37. The lowest BCUT2D eigenvalue weighted by atomic mass is 10.00. The molecule has 1 aromatic carbocycles. The van der Waals surface area contributed by atoms with Gasteiger partial charge in [0.05, 0.1) is 6.54 Å². The highest BCUT2D eigenvalue weighted by Gasteiger charge is 2.35. The highest BCUT2D eigenvalue weighted by Crippen LogP contribution is 2.28. The third kappa shape index (κ3) is 3.46. The second kappa shape index (κ2) is 7.08. The average Bonchev–Trinajstić information content (AvgIpc) is 2.86. The van der Waals surface area contributed by atoms with Gasteiger partial charge in [-0.3, -0.25) is 10.1 Å². The van der Waals surface area contributed by atoms with Crippen molar-refractivity contribution in [1.82, 2.24) is 10.2 Å². The molecule has 1 aliphatic heterocycles. The van der Waals surface area contributed by atoms with E-state index in [1.54, 1.807) is 0 Å². The number of hydrogen-bond acceptors (Lipinski definition) is 2. The number of amides is 1. The summed E-state index contributed by atoms with van der Waals surface area (Å²) in [5.74, 6) is 0.769. The van der Waals surface area contributed by atoms with E-state index in [0.29, 0.717) is 18.5 Å². The molecule has 1 aromatic rings. The Morgan fingerprint density at radius 3 is 2.43 bits per heavy atom. The van der Waals surface area contributed by atoms with Crippen molar-refractivity contribution in [2.45, 2.75) is 65.1 Å². The Hall–Kier alpha value is -1.35. The van der Waals surface area contributed by atoms with E-state index < -0.39 is 0 Å². The van der Waals surface area contributed by atoms with E-state index in [1.807, 2.05) is 0 Å². The van der Waals surface area contributed by atoms with Gasteiger partial charge in [0.25, 0.3) is 0 Å². The fraction of sp³-hybridized carbons (Fsp3) is 0.611. The minimum absolute atomic E-state index is 0.0372. The summed E-state index contributed by atoms with van der Waals surface area (Å²) in [7, 11) is 0. The van der Waals surface area contributed by atoms with Crippen molar-refractivity contribution in [2.75, 3.05) is 6.54 Å². The molecule has 0 spiro atoms. The van der Waals surface area contributed by atoms with Crippen LogP contribution >= 0.6 is 0 Å². The van der Waals surface area contributed by atoms with Crippen LogP contribution in [0.5, 0.6) is 0 Å². The third-order valence-corrected chi connectivity index (χ3v) is 4.42. The zero-order valence-corrected chi connectivity index (χ0v) is 13.7. The van der Waals surface area contributed by atoms with Gasteiger partial charge in [0, 0.05) is 6.04 Å². The molecule has 1 fully saturated rings. The topological polar surface area (TPSA) is 32.3 Å². The van der Waals surface area contributed by atoms with Crippen LogP contribution in [0, 0.1) is 0 Å². The number of carbonyl (C=O) groups is 1. The molecule has 0 aliphatic carbocycles. The van der Waals surface area contributed by atoms with E-state index >= 15 is 0 Å². The Morgan fingerprint density at radius 2 is 1.90 bits per heavy atom. The number of benzene rings is 1. The first kappa shape index (κ1) is 16.0. The maximum Gasteiger partial charge on any atom is 0.238 e. The lowest BCUT2D eigenvalue weighted by Gasteiger charge is -2.32. The monoisotopic (exact) mass is 288 g/mol. The van der Waals surface area contributed by atoms with Gasteiger partial charge in [-0.05, 0) is 29.9 Å². The van der Waals surface area contributed by atoms with Crippen LogP contribution in [0.3, 0.4) is 0 Å². The van der Waals surface area contributed by atoms with Gasteiger partial charge in [0.15, 0.2) is 0 Å². The molecular formula is C18H28N2O. The summed E-state index contributed by atoms with van der Waals surface area (Å²) in [4.78, 5) is 14.3. The zero-order valence-electron chi connectivity index (χ0n) is 13.7. The Balaban J connectivity index is 2.22. The fourth-order valence-corrected chi connectivity index (χ4v) is 3.15. The molecule has 0 aromatic heterocycles. The lowest BCUT2D eigenvalue weighted by molar-refractivity contribution is -0.130. The number of nitrogens with one attached hydrogen (secondary N) is 1. The predicted molar refractivity (Wildman–Crippen MR) is 87.1 cm³/mol. The highest BCUT2D eigenvalue weighted by molar-refractivity contribution is 5.81. The van der Waals surface area contributed by atoms with E-state index in [2.05, 4.69) is 62.2 Å². The normalized spacial score (nSPS) is 20.3. The molecule has 21 heavy (non-hydrogen) atoms. The molecule has 1 N–H and O–H groups in total. The van der Waals surface area contributed by atoms with E-state index in [4.69, 9.17) is 0 Å². The first-order valence-electron chi connectivity index (χ1n) is 8.22. The van der Waals surface area contributed by atoms with Gasteiger partial charge in [0.2, 0.25) is 5.91 Å². The summed E-state index contributed by atoms with van der Waals surface area (Å²) in [6, 6.07) is 9.04. The molecule has 1 aliphatic rings. The van der Waals surface area contributed by atoms with Crippen molar-refractivity contribution in [1.29, 1.82) is 0 Å². The predicted octanol–water partition coefficient (Wildman–Crippen LogP) is 3.82. The van der Waals surface area contributed by atoms with Crippen molar-refractivity contribution in [2.24, 2.45) is 0 Å². The number of rotatable bonds is 6. The second-order valence-electron chi connectivity index (χ2n) is 6.26. The van der Waals surface area contributed by atoms with E-state index in [-0.39, 0.29) is 12.1 Å². The van der Waals surface area contributed by atoms with Crippen molar-refractivity contribution >= 4 is 5.91 Å². The Labute approximate surface area is 128 Å². The summed E-state index contributed by atoms with van der Waals surface area (Å²) in [6.07, 6.45) is 3.24. The van der Waals surface area contributed by atoms with Gasteiger partial charge in [0.1, 0.15) is 6.17 Å². The van der Waals surface area contributed by atoms with Crippen LogP contribution in [0.25, 0.3) is 0 Å². The van der Waals surface area contributed by atoms with Gasteiger partial charge < -0.3 is 4.90 Å². The lowest BCUT2D eigenvalue weighted by Crippen LogP contribution is -2.39. The molecule has 3 heteroatoms. The van der Waals surface area contributed by atoms with Crippen molar-refractivity contribution in [3.05, 3.63) is 35.4 Å². The fourth-order valence-electron chi connectivity index (χ4n) is 3.15. The third-order valence-electron chi connectivity index (χ3n) is 4.42. The number of nitrogens with zero attached hydrogens (tertiary/aromatic N) is 1. The highest BCUT2D eigenvalue weighted by atomic mass is 16.2. The maximum atomic E-state index is 12.3. The SMILES string of the molecule is CCCC(CC)N1C(=O)CNC1c1ccc(C(C)C)cc1. The Morgan fingerprint density at radius 1 is 1.24 bits per heavy atom. The summed E-state index contributed by atoms with van der Waals surface area (Å²) >= 11 is 0. The minimum Gasteiger partial charge on any atom is -0.319 e. The molecule has 1 saturated heterocycles. The first-order chi connectivity index (χ1) is 10.1. The van der Waals surface area contributed by atoms with E-state index in [0.717, 1.165) is 19.3 Å². The molecule has 1 heterocycles. The van der Waals surface area contributed by atoms with E-state index in [1.165, 1.54) is 11.1 Å². The van der Waals surface area contributed by atoms with Gasteiger partial charge in [-0.15, -0.1) is 0 Å². The van der Waals surface area contributed by atoms with Crippen LogP contribution in [0.15, 0.2) is 24.3 Å². The van der Waals surface area contributed by atoms with Crippen LogP contribution in [-0.4, -0.2) is 23.4 Å². The molecule has 3 nitrogen and oxygen atoms in total. The molecular weight excluding hydrogens is 260 g/mol. The molecule has 116 valence electrons. The van der Waals surface area contributed by atoms with Gasteiger partial charge in [-0.2, -0.15) is 0 Å². The molecule has 0 bridgehead atoms. The number of carbonyl (C=O) groups excluding carboxylic acids is 1. The molecule has 2 unspecified atom stereocenters. The standard InChI is InChI=1S/C18H28N2O/c1-5-7-16(6-2)20-17(21)12-19-18(20)15-10-8-14(9-11-15)13(3)4/h8-11,13,16,18-19H,5-7,12H2,1-4H3. The number of hydrogen-bond donors (Lipinski definition) is 1. The van der Waals surface area contributed by atoms with Crippen LogP contribution in [-0.2, 0) is 4.79 Å². The largest absolute Gasteiger partial charge is 0.319 e. The molecule has 0 saturated carbocycles. The smallest absolute Gasteiger partial charge is 0.238 e. The minimum atomic E-state index is 0.0372. The Kier molecular flexibility index (Phi) is 5.40.